The van der Waals surface area contributed by atoms with E-state index < -0.39 is 0 Å². The highest BCUT2D eigenvalue weighted by Crippen LogP contribution is 2.37. The number of ether oxygens (including phenoxy) is 2. The van der Waals surface area contributed by atoms with Crippen LogP contribution < -0.4 is 9.47 Å². The second-order valence-corrected chi connectivity index (χ2v) is 8.37. The Bertz CT molecular complexity index is 1150. The third-order valence-corrected chi connectivity index (χ3v) is 6.29. The van der Waals surface area contributed by atoms with Crippen LogP contribution in [0, 0.1) is 11.7 Å². The average molecular weight is 453 g/mol. The maximum Gasteiger partial charge on any atom is 0.224 e. The standard InChI is InChI=1S/C24H28N4O3S/c1-16-6-8-17(9-7-16)23-25-26-24(32)28(23)14-12-22(29)27-13-4-5-19(27)18-10-11-20(30-2)21(15-18)31-3/h6-11,15,19H,4-5,12-14H2,1-3H3,(H,26,32). The topological polar surface area (TPSA) is 72.4 Å². The van der Waals surface area contributed by atoms with Gasteiger partial charge in [-0.15, -0.1) is 0 Å². The Labute approximate surface area is 193 Å². The first kappa shape index (κ1) is 22.1. The number of rotatable bonds is 7. The number of aromatic nitrogens is 3. The fourth-order valence-electron chi connectivity index (χ4n) is 4.27. The molecule has 1 amide bonds. The van der Waals surface area contributed by atoms with Gasteiger partial charge in [0.05, 0.1) is 20.3 Å². The number of H-pyrrole nitrogens is 1. The minimum Gasteiger partial charge on any atom is -0.493 e. The lowest BCUT2D eigenvalue weighted by Gasteiger charge is -2.26. The van der Waals surface area contributed by atoms with Gasteiger partial charge >= 0.3 is 0 Å². The van der Waals surface area contributed by atoms with Gasteiger partial charge in [-0.25, -0.2) is 0 Å². The van der Waals surface area contributed by atoms with Gasteiger partial charge in [0, 0.05) is 25.1 Å². The fraction of sp³-hybridized carbons (Fsp3) is 0.375. The maximum atomic E-state index is 13.2. The third kappa shape index (κ3) is 4.41. The van der Waals surface area contributed by atoms with Gasteiger partial charge in [-0.05, 0) is 49.7 Å². The van der Waals surface area contributed by atoms with Gasteiger partial charge in [0.2, 0.25) is 5.91 Å². The SMILES string of the molecule is COc1ccc(C2CCCN2C(=O)CCn2c(-c3ccc(C)cc3)n[nH]c2=S)cc1OC. The average Bonchev–Trinajstić information content (AvgIpc) is 3.44. The molecule has 0 radical (unpaired) electrons. The Balaban J connectivity index is 1.50. The zero-order chi connectivity index (χ0) is 22.7. The monoisotopic (exact) mass is 452 g/mol. The molecule has 1 N–H and O–H groups in total. The summed E-state index contributed by atoms with van der Waals surface area (Å²) < 4.78 is 13.2. The second kappa shape index (κ2) is 9.56. The number of nitrogens with one attached hydrogen (secondary N) is 1. The maximum absolute atomic E-state index is 13.2. The number of aryl methyl sites for hydroxylation is 1. The molecule has 168 valence electrons. The highest BCUT2D eigenvalue weighted by atomic mass is 32.1. The molecule has 2 heterocycles. The lowest BCUT2D eigenvalue weighted by molar-refractivity contribution is -0.132. The van der Waals surface area contributed by atoms with Crippen molar-refractivity contribution in [3.05, 3.63) is 58.4 Å². The Morgan fingerprint density at radius 1 is 1.16 bits per heavy atom. The van der Waals surface area contributed by atoms with Crippen molar-refractivity contribution in [1.29, 1.82) is 0 Å². The number of likely N-dealkylation sites (tertiary alicyclic amines) is 1. The molecule has 7 nitrogen and oxygen atoms in total. The van der Waals surface area contributed by atoms with Gasteiger partial charge in [0.15, 0.2) is 22.1 Å². The van der Waals surface area contributed by atoms with E-state index in [1.165, 1.54) is 5.56 Å². The summed E-state index contributed by atoms with van der Waals surface area (Å²) in [7, 11) is 3.24. The van der Waals surface area contributed by atoms with Crippen LogP contribution in [0.4, 0.5) is 0 Å². The molecule has 1 atom stereocenters. The molecule has 1 aromatic heterocycles. The van der Waals surface area contributed by atoms with E-state index in [9.17, 15) is 4.79 Å². The van der Waals surface area contributed by atoms with Crippen LogP contribution in [-0.4, -0.2) is 46.3 Å². The normalized spacial score (nSPS) is 15.7. The molecule has 1 aliphatic rings. The van der Waals surface area contributed by atoms with Gasteiger partial charge in [-0.2, -0.15) is 5.10 Å². The van der Waals surface area contributed by atoms with E-state index >= 15 is 0 Å². The summed E-state index contributed by atoms with van der Waals surface area (Å²) in [5.41, 5.74) is 3.22. The van der Waals surface area contributed by atoms with Crippen molar-refractivity contribution < 1.29 is 14.3 Å². The Morgan fingerprint density at radius 3 is 2.62 bits per heavy atom. The molecule has 3 aromatic rings. The molecule has 0 spiro atoms. The highest BCUT2D eigenvalue weighted by molar-refractivity contribution is 7.71. The van der Waals surface area contributed by atoms with Crippen LogP contribution in [0.1, 0.15) is 36.4 Å². The molecular weight excluding hydrogens is 424 g/mol. The number of nitrogens with zero attached hydrogens (tertiary/aromatic N) is 3. The molecule has 4 rings (SSSR count). The molecule has 1 unspecified atom stereocenters. The third-order valence-electron chi connectivity index (χ3n) is 5.98. The van der Waals surface area contributed by atoms with Crippen molar-refractivity contribution in [3.8, 4) is 22.9 Å². The van der Waals surface area contributed by atoms with Crippen LogP contribution in [0.25, 0.3) is 11.4 Å². The largest absolute Gasteiger partial charge is 0.493 e. The lowest BCUT2D eigenvalue weighted by atomic mass is 10.0. The number of hydrogen-bond donors (Lipinski definition) is 1. The first-order valence-corrected chi connectivity index (χ1v) is 11.2. The summed E-state index contributed by atoms with van der Waals surface area (Å²) in [4.78, 5) is 15.2. The highest BCUT2D eigenvalue weighted by Gasteiger charge is 2.30. The van der Waals surface area contributed by atoms with E-state index in [2.05, 4.69) is 10.2 Å². The number of methoxy groups -OCH3 is 2. The summed E-state index contributed by atoms with van der Waals surface area (Å²) in [6.45, 7) is 3.27. The molecule has 1 fully saturated rings. The van der Waals surface area contributed by atoms with E-state index in [0.29, 0.717) is 29.2 Å². The van der Waals surface area contributed by atoms with Crippen LogP contribution in [0.5, 0.6) is 11.5 Å². The van der Waals surface area contributed by atoms with E-state index in [1.807, 2.05) is 58.9 Å². The fourth-order valence-corrected chi connectivity index (χ4v) is 4.49. The molecule has 32 heavy (non-hydrogen) atoms. The van der Waals surface area contributed by atoms with Crippen LogP contribution in [-0.2, 0) is 11.3 Å². The van der Waals surface area contributed by atoms with Crippen molar-refractivity contribution in [2.75, 3.05) is 20.8 Å². The summed E-state index contributed by atoms with van der Waals surface area (Å²) >= 11 is 5.43. The summed E-state index contributed by atoms with van der Waals surface area (Å²) in [6, 6.07) is 14.0. The predicted molar refractivity (Wildman–Crippen MR) is 125 cm³/mol. The van der Waals surface area contributed by atoms with Crippen LogP contribution in [0.3, 0.4) is 0 Å². The number of hydrogen-bond acceptors (Lipinski definition) is 5. The minimum absolute atomic E-state index is 0.0381. The van der Waals surface area contributed by atoms with Gasteiger partial charge in [-0.1, -0.05) is 35.9 Å². The number of carbonyl (C=O) groups is 1. The first-order chi connectivity index (χ1) is 15.5. The molecule has 2 aromatic carbocycles. The number of amides is 1. The molecule has 1 saturated heterocycles. The second-order valence-electron chi connectivity index (χ2n) is 7.98. The van der Waals surface area contributed by atoms with Crippen molar-refractivity contribution in [3.63, 3.8) is 0 Å². The molecule has 8 heteroatoms. The van der Waals surface area contributed by atoms with E-state index in [1.54, 1.807) is 14.2 Å². The van der Waals surface area contributed by atoms with Crippen molar-refractivity contribution in [1.82, 2.24) is 19.7 Å². The van der Waals surface area contributed by atoms with E-state index in [-0.39, 0.29) is 11.9 Å². The minimum atomic E-state index is 0.0381. The summed E-state index contributed by atoms with van der Waals surface area (Å²) in [6.07, 6.45) is 2.27. The Kier molecular flexibility index (Phi) is 6.60. The predicted octanol–water partition coefficient (Wildman–Crippen LogP) is 4.69. The molecule has 0 saturated carbocycles. The number of carbonyl (C=O) groups excluding carboxylic acids is 1. The van der Waals surface area contributed by atoms with Gasteiger partial charge in [-0.3, -0.25) is 14.5 Å². The van der Waals surface area contributed by atoms with Crippen molar-refractivity contribution >= 4 is 18.1 Å². The molecule has 0 aliphatic carbocycles. The zero-order valence-corrected chi connectivity index (χ0v) is 19.4. The van der Waals surface area contributed by atoms with Crippen LogP contribution in [0.2, 0.25) is 0 Å². The zero-order valence-electron chi connectivity index (χ0n) is 18.6. The first-order valence-electron chi connectivity index (χ1n) is 10.8. The molecule has 0 bridgehead atoms. The Hall–Kier alpha value is -3.13. The summed E-state index contributed by atoms with van der Waals surface area (Å²) in [5, 5.41) is 7.25. The van der Waals surface area contributed by atoms with Crippen molar-refractivity contribution in [2.45, 2.75) is 38.8 Å². The Morgan fingerprint density at radius 2 is 1.91 bits per heavy atom. The van der Waals surface area contributed by atoms with Crippen molar-refractivity contribution in [2.24, 2.45) is 0 Å². The van der Waals surface area contributed by atoms with Gasteiger partial charge in [0.25, 0.3) is 0 Å². The van der Waals surface area contributed by atoms with Crippen LogP contribution >= 0.6 is 12.2 Å². The lowest BCUT2D eigenvalue weighted by Crippen LogP contribution is -2.31. The van der Waals surface area contributed by atoms with Crippen LogP contribution in [0.15, 0.2) is 42.5 Å². The quantitative estimate of drug-likeness (QED) is 0.527. The number of benzene rings is 2. The van der Waals surface area contributed by atoms with Gasteiger partial charge < -0.3 is 14.4 Å². The number of aromatic amines is 1. The smallest absolute Gasteiger partial charge is 0.224 e. The van der Waals surface area contributed by atoms with Gasteiger partial charge in [0.1, 0.15) is 0 Å². The van der Waals surface area contributed by atoms with E-state index in [0.717, 1.165) is 36.3 Å². The molecular formula is C24H28N4O3S. The molecule has 1 aliphatic heterocycles. The van der Waals surface area contributed by atoms with E-state index in [4.69, 9.17) is 21.7 Å². The summed E-state index contributed by atoms with van der Waals surface area (Å²) in [5.74, 6) is 2.22.